The predicted molar refractivity (Wildman–Crippen MR) is 116 cm³/mol. The Bertz CT molecular complexity index is 1220. The molecule has 156 valence electrons. The number of aryl methyl sites for hydroxylation is 1. The fourth-order valence-electron chi connectivity index (χ4n) is 2.91. The fraction of sp³-hybridized carbons (Fsp3) is 0.0476. The molecule has 2 aromatic heterocycles. The third-order valence-corrected chi connectivity index (χ3v) is 5.68. The lowest BCUT2D eigenvalue weighted by Crippen LogP contribution is -2.13. The Kier molecular flexibility index (Phi) is 5.53. The highest BCUT2D eigenvalue weighted by molar-refractivity contribution is 7.17. The maximum absolute atomic E-state index is 13.4. The molecule has 0 aliphatic rings. The van der Waals surface area contributed by atoms with E-state index in [9.17, 15) is 14.0 Å². The summed E-state index contributed by atoms with van der Waals surface area (Å²) in [5.74, 6) is -2.06. The largest absolute Gasteiger partial charge is 0.477 e. The highest BCUT2D eigenvalue weighted by Gasteiger charge is 2.20. The molecule has 2 heterocycles. The van der Waals surface area contributed by atoms with Crippen LogP contribution in [-0.2, 0) is 0 Å². The first kappa shape index (κ1) is 20.7. The molecule has 0 radical (unpaired) electrons. The molecule has 10 heteroatoms. The van der Waals surface area contributed by atoms with Crippen LogP contribution in [0.1, 0.15) is 25.9 Å². The standard InChI is InChI=1S/C21H14ClFN4O3S/c1-11-18(20(29)30)31-21(24-11)25-19(28)16-10-17(12-2-4-13(22)5-3-12)27(26-16)15-8-6-14(23)7-9-15/h2-10H,1H3,(H,29,30)(H,24,25,28). The Balaban J connectivity index is 1.72. The Morgan fingerprint density at radius 3 is 2.42 bits per heavy atom. The minimum Gasteiger partial charge on any atom is -0.477 e. The molecule has 2 aromatic carbocycles. The number of carbonyl (C=O) groups excluding carboxylic acids is 1. The number of anilines is 1. The molecule has 0 unspecified atom stereocenters. The Hall–Kier alpha value is -3.56. The van der Waals surface area contributed by atoms with Crippen LogP contribution in [0.3, 0.4) is 0 Å². The molecule has 0 aliphatic heterocycles. The van der Waals surface area contributed by atoms with Crippen molar-refractivity contribution in [1.82, 2.24) is 14.8 Å². The lowest BCUT2D eigenvalue weighted by Gasteiger charge is -2.07. The van der Waals surface area contributed by atoms with Crippen LogP contribution in [0.15, 0.2) is 54.6 Å². The zero-order valence-corrected chi connectivity index (χ0v) is 17.5. The average Bonchev–Trinajstić information content (AvgIpc) is 3.33. The number of halogens is 2. The zero-order valence-electron chi connectivity index (χ0n) is 16.0. The molecule has 31 heavy (non-hydrogen) atoms. The number of amides is 1. The molecule has 0 spiro atoms. The minimum atomic E-state index is -1.11. The average molecular weight is 457 g/mol. The number of carboxylic acids is 1. The summed E-state index contributed by atoms with van der Waals surface area (Å²) in [5.41, 5.74) is 2.29. The van der Waals surface area contributed by atoms with E-state index in [-0.39, 0.29) is 15.7 Å². The molecule has 0 atom stereocenters. The van der Waals surface area contributed by atoms with Gasteiger partial charge in [0.25, 0.3) is 5.91 Å². The molecule has 4 aromatic rings. The Labute approximate surface area is 184 Å². The summed E-state index contributed by atoms with van der Waals surface area (Å²) in [4.78, 5) is 28.1. The number of rotatable bonds is 5. The van der Waals surface area contributed by atoms with E-state index in [1.807, 2.05) is 0 Å². The number of aromatic carboxylic acids is 1. The van der Waals surface area contributed by atoms with Gasteiger partial charge >= 0.3 is 5.97 Å². The summed E-state index contributed by atoms with van der Waals surface area (Å²) in [6.45, 7) is 1.55. The van der Waals surface area contributed by atoms with Gasteiger partial charge in [-0.2, -0.15) is 5.10 Å². The van der Waals surface area contributed by atoms with E-state index in [1.54, 1.807) is 49.4 Å². The second kappa shape index (κ2) is 8.29. The summed E-state index contributed by atoms with van der Waals surface area (Å²) >= 11 is 6.84. The number of hydrogen-bond acceptors (Lipinski definition) is 5. The first-order chi connectivity index (χ1) is 14.8. The number of benzene rings is 2. The second-order valence-corrected chi connectivity index (χ2v) is 7.94. The van der Waals surface area contributed by atoms with Crippen LogP contribution >= 0.6 is 22.9 Å². The first-order valence-electron chi connectivity index (χ1n) is 8.96. The monoisotopic (exact) mass is 456 g/mol. The van der Waals surface area contributed by atoms with E-state index in [0.29, 0.717) is 22.1 Å². The van der Waals surface area contributed by atoms with Crippen molar-refractivity contribution in [1.29, 1.82) is 0 Å². The van der Waals surface area contributed by atoms with Crippen molar-refractivity contribution >= 4 is 39.9 Å². The van der Waals surface area contributed by atoms with Crippen LogP contribution in [0.4, 0.5) is 9.52 Å². The van der Waals surface area contributed by atoms with Gasteiger partial charge in [0.1, 0.15) is 10.7 Å². The molecule has 0 bridgehead atoms. The molecule has 0 saturated carbocycles. The van der Waals surface area contributed by atoms with Crippen molar-refractivity contribution in [3.05, 3.63) is 81.7 Å². The predicted octanol–water partition coefficient (Wildman–Crippen LogP) is 5.05. The molecule has 0 aliphatic carbocycles. The molecular weight excluding hydrogens is 443 g/mol. The Morgan fingerprint density at radius 2 is 1.81 bits per heavy atom. The van der Waals surface area contributed by atoms with Gasteiger partial charge < -0.3 is 5.11 Å². The van der Waals surface area contributed by atoms with Gasteiger partial charge in [0.2, 0.25) is 0 Å². The van der Waals surface area contributed by atoms with Crippen LogP contribution in [0, 0.1) is 12.7 Å². The zero-order chi connectivity index (χ0) is 22.1. The van der Waals surface area contributed by atoms with Gasteiger partial charge in [0.05, 0.1) is 17.1 Å². The molecule has 1 amide bonds. The maximum atomic E-state index is 13.4. The van der Waals surface area contributed by atoms with Crippen LogP contribution in [0.5, 0.6) is 0 Å². The normalized spacial score (nSPS) is 10.8. The van der Waals surface area contributed by atoms with E-state index in [0.717, 1.165) is 16.9 Å². The highest BCUT2D eigenvalue weighted by Crippen LogP contribution is 2.27. The van der Waals surface area contributed by atoms with Crippen LogP contribution in [0.25, 0.3) is 16.9 Å². The SMILES string of the molecule is Cc1nc(NC(=O)c2cc(-c3ccc(Cl)cc3)n(-c3ccc(F)cc3)n2)sc1C(=O)O. The number of carboxylic acid groups (broad SMARTS) is 1. The van der Waals surface area contributed by atoms with Gasteiger partial charge in [-0.05, 0) is 49.4 Å². The van der Waals surface area contributed by atoms with Crippen molar-refractivity contribution in [3.8, 4) is 16.9 Å². The summed E-state index contributed by atoms with van der Waals surface area (Å²) in [7, 11) is 0. The molecule has 4 rings (SSSR count). The molecule has 0 fully saturated rings. The number of aromatic nitrogens is 3. The maximum Gasteiger partial charge on any atom is 0.347 e. The minimum absolute atomic E-state index is 0.0500. The quantitative estimate of drug-likeness (QED) is 0.438. The lowest BCUT2D eigenvalue weighted by atomic mass is 10.1. The summed E-state index contributed by atoms with van der Waals surface area (Å²) < 4.78 is 14.9. The van der Waals surface area contributed by atoms with Crippen LogP contribution < -0.4 is 5.32 Å². The number of nitrogens with one attached hydrogen (secondary N) is 1. The number of nitrogens with zero attached hydrogens (tertiary/aromatic N) is 3. The number of carbonyl (C=O) groups is 2. The van der Waals surface area contributed by atoms with Gasteiger partial charge in [-0.25, -0.2) is 18.9 Å². The third kappa shape index (κ3) is 4.32. The molecular formula is C21H14ClFN4O3S. The third-order valence-electron chi connectivity index (χ3n) is 4.36. The van der Waals surface area contributed by atoms with Crippen molar-refractivity contribution in [3.63, 3.8) is 0 Å². The number of hydrogen-bond donors (Lipinski definition) is 2. The second-order valence-electron chi connectivity index (χ2n) is 6.50. The topological polar surface area (TPSA) is 97.1 Å². The van der Waals surface area contributed by atoms with Gasteiger partial charge in [-0.1, -0.05) is 35.1 Å². The molecule has 7 nitrogen and oxygen atoms in total. The summed E-state index contributed by atoms with van der Waals surface area (Å²) in [5, 5.41) is 16.8. The van der Waals surface area contributed by atoms with Crippen molar-refractivity contribution in [2.24, 2.45) is 0 Å². The van der Waals surface area contributed by atoms with Crippen molar-refractivity contribution < 1.29 is 19.1 Å². The van der Waals surface area contributed by atoms with Gasteiger partial charge in [0.15, 0.2) is 10.8 Å². The fourth-order valence-corrected chi connectivity index (χ4v) is 3.83. The van der Waals surface area contributed by atoms with Gasteiger partial charge in [0, 0.05) is 10.6 Å². The summed E-state index contributed by atoms with van der Waals surface area (Å²) in [6, 6.07) is 14.3. The smallest absolute Gasteiger partial charge is 0.347 e. The first-order valence-corrected chi connectivity index (χ1v) is 10.2. The number of thiazole rings is 1. The van der Waals surface area contributed by atoms with Crippen molar-refractivity contribution in [2.75, 3.05) is 5.32 Å². The van der Waals surface area contributed by atoms with Crippen LogP contribution in [0.2, 0.25) is 5.02 Å². The summed E-state index contributed by atoms with van der Waals surface area (Å²) in [6.07, 6.45) is 0. The van der Waals surface area contributed by atoms with Gasteiger partial charge in [-0.3, -0.25) is 10.1 Å². The van der Waals surface area contributed by atoms with Crippen molar-refractivity contribution in [2.45, 2.75) is 6.92 Å². The molecule has 0 saturated heterocycles. The van der Waals surface area contributed by atoms with Gasteiger partial charge in [-0.15, -0.1) is 0 Å². The highest BCUT2D eigenvalue weighted by atomic mass is 35.5. The van der Waals surface area contributed by atoms with E-state index in [1.165, 1.54) is 16.8 Å². The lowest BCUT2D eigenvalue weighted by molar-refractivity contribution is 0.0701. The Morgan fingerprint density at radius 1 is 1.13 bits per heavy atom. The van der Waals surface area contributed by atoms with E-state index in [2.05, 4.69) is 15.4 Å². The molecule has 2 N–H and O–H groups in total. The van der Waals surface area contributed by atoms with E-state index >= 15 is 0 Å². The van der Waals surface area contributed by atoms with E-state index in [4.69, 9.17) is 16.7 Å². The van der Waals surface area contributed by atoms with E-state index < -0.39 is 17.7 Å². The van der Waals surface area contributed by atoms with Crippen LogP contribution in [-0.4, -0.2) is 31.7 Å².